The third-order valence-corrected chi connectivity index (χ3v) is 3.71. The Morgan fingerprint density at radius 2 is 1.82 bits per heavy atom. The van der Waals surface area contributed by atoms with Crippen molar-refractivity contribution in [2.24, 2.45) is 0 Å². The van der Waals surface area contributed by atoms with Gasteiger partial charge in [-0.2, -0.15) is 0 Å². The summed E-state index contributed by atoms with van der Waals surface area (Å²) < 4.78 is 0. The van der Waals surface area contributed by atoms with E-state index in [9.17, 15) is 9.90 Å². The first-order valence-corrected chi connectivity index (χ1v) is 7.64. The summed E-state index contributed by atoms with van der Waals surface area (Å²) in [5.41, 5.74) is 3.87. The molecule has 0 saturated carbocycles. The molecule has 0 aliphatic rings. The molecule has 0 atom stereocenters. The van der Waals surface area contributed by atoms with E-state index in [1.165, 1.54) is 5.56 Å². The molecule has 3 nitrogen and oxygen atoms in total. The molecular formula is C19H23NO2. The van der Waals surface area contributed by atoms with Crippen molar-refractivity contribution in [2.45, 2.75) is 39.5 Å². The van der Waals surface area contributed by atoms with Crippen LogP contribution >= 0.6 is 0 Å². The molecule has 2 aromatic rings. The molecule has 1 amide bonds. The van der Waals surface area contributed by atoms with E-state index < -0.39 is 0 Å². The van der Waals surface area contributed by atoms with Gasteiger partial charge in [0.2, 0.25) is 5.91 Å². The van der Waals surface area contributed by atoms with Gasteiger partial charge in [0.15, 0.2) is 0 Å². The van der Waals surface area contributed by atoms with Crippen LogP contribution in [0.1, 0.15) is 42.9 Å². The molecule has 2 rings (SSSR count). The third-order valence-electron chi connectivity index (χ3n) is 3.71. The van der Waals surface area contributed by atoms with Gasteiger partial charge in [-0.1, -0.05) is 44.2 Å². The molecular weight excluding hydrogens is 274 g/mol. The van der Waals surface area contributed by atoms with Crippen molar-refractivity contribution in [3.63, 3.8) is 0 Å². The number of hydrogen-bond donors (Lipinski definition) is 2. The summed E-state index contributed by atoms with van der Waals surface area (Å²) in [7, 11) is 0. The van der Waals surface area contributed by atoms with Crippen LogP contribution < -0.4 is 5.32 Å². The van der Waals surface area contributed by atoms with Gasteiger partial charge >= 0.3 is 0 Å². The normalized spacial score (nSPS) is 10.7. The number of aryl methyl sites for hydroxylation is 2. The zero-order valence-corrected chi connectivity index (χ0v) is 13.4. The number of anilines is 1. The standard InChI is InChI=1S/C19H23NO2/c1-13(2)16-8-5-15(6-9-16)7-11-19(22)20-17-10-4-14(3)12-18(17)21/h4-6,8-10,12-13,21H,7,11H2,1-3H3,(H,20,22). The molecule has 0 aliphatic carbocycles. The highest BCUT2D eigenvalue weighted by molar-refractivity contribution is 5.92. The zero-order chi connectivity index (χ0) is 16.1. The van der Waals surface area contributed by atoms with E-state index >= 15 is 0 Å². The number of benzene rings is 2. The van der Waals surface area contributed by atoms with Gasteiger partial charge in [0.05, 0.1) is 5.69 Å². The second-order valence-electron chi connectivity index (χ2n) is 5.97. The van der Waals surface area contributed by atoms with E-state index in [-0.39, 0.29) is 11.7 Å². The smallest absolute Gasteiger partial charge is 0.224 e. The van der Waals surface area contributed by atoms with Gasteiger partial charge in [0, 0.05) is 6.42 Å². The lowest BCUT2D eigenvalue weighted by Gasteiger charge is -2.09. The van der Waals surface area contributed by atoms with Crippen LogP contribution in [0.3, 0.4) is 0 Å². The van der Waals surface area contributed by atoms with Crippen LogP contribution in [0.15, 0.2) is 42.5 Å². The number of rotatable bonds is 5. The lowest BCUT2D eigenvalue weighted by Crippen LogP contribution is -2.12. The molecule has 3 heteroatoms. The predicted octanol–water partition coefficient (Wildman–Crippen LogP) is 4.40. The van der Waals surface area contributed by atoms with Crippen LogP contribution in [0.25, 0.3) is 0 Å². The van der Waals surface area contributed by atoms with Crippen LogP contribution in [0.5, 0.6) is 5.75 Å². The minimum absolute atomic E-state index is 0.0907. The summed E-state index contributed by atoms with van der Waals surface area (Å²) in [6, 6.07) is 13.6. The van der Waals surface area contributed by atoms with Gasteiger partial charge < -0.3 is 10.4 Å². The van der Waals surface area contributed by atoms with Crippen molar-refractivity contribution < 1.29 is 9.90 Å². The molecule has 0 radical (unpaired) electrons. The summed E-state index contributed by atoms with van der Waals surface area (Å²) >= 11 is 0. The Morgan fingerprint density at radius 1 is 1.14 bits per heavy atom. The van der Waals surface area contributed by atoms with Gasteiger partial charge in [-0.05, 0) is 48.1 Å². The molecule has 0 heterocycles. The number of amides is 1. The second kappa shape index (κ2) is 7.12. The second-order valence-corrected chi connectivity index (χ2v) is 5.97. The van der Waals surface area contributed by atoms with E-state index in [4.69, 9.17) is 0 Å². The average Bonchev–Trinajstić information content (AvgIpc) is 2.48. The molecule has 0 aliphatic heterocycles. The Kier molecular flexibility index (Phi) is 5.21. The first-order valence-electron chi connectivity index (χ1n) is 7.64. The van der Waals surface area contributed by atoms with Gasteiger partial charge in [0.25, 0.3) is 0 Å². The summed E-state index contributed by atoms with van der Waals surface area (Å²) in [4.78, 5) is 12.0. The highest BCUT2D eigenvalue weighted by Crippen LogP contribution is 2.24. The summed E-state index contributed by atoms with van der Waals surface area (Å²) in [6.07, 6.45) is 1.09. The van der Waals surface area contributed by atoms with Crippen molar-refractivity contribution in [3.05, 3.63) is 59.2 Å². The Balaban J connectivity index is 1.89. The zero-order valence-electron chi connectivity index (χ0n) is 13.4. The topological polar surface area (TPSA) is 49.3 Å². The predicted molar refractivity (Wildman–Crippen MR) is 90.3 cm³/mol. The van der Waals surface area contributed by atoms with Crippen LogP contribution in [0, 0.1) is 6.92 Å². The third kappa shape index (κ3) is 4.35. The highest BCUT2D eigenvalue weighted by Gasteiger charge is 2.07. The molecule has 0 aromatic heterocycles. The van der Waals surface area contributed by atoms with Crippen LogP contribution in [-0.4, -0.2) is 11.0 Å². The van der Waals surface area contributed by atoms with E-state index in [0.29, 0.717) is 24.4 Å². The first-order chi connectivity index (χ1) is 10.5. The Morgan fingerprint density at radius 3 is 2.41 bits per heavy atom. The molecule has 0 unspecified atom stereocenters. The maximum atomic E-state index is 12.0. The summed E-state index contributed by atoms with van der Waals surface area (Å²) in [6.45, 7) is 6.22. The number of hydrogen-bond acceptors (Lipinski definition) is 2. The van der Waals surface area contributed by atoms with Crippen LogP contribution in [-0.2, 0) is 11.2 Å². The highest BCUT2D eigenvalue weighted by atomic mass is 16.3. The Labute approximate surface area is 132 Å². The lowest BCUT2D eigenvalue weighted by molar-refractivity contribution is -0.116. The fraction of sp³-hybridized carbons (Fsp3) is 0.316. The molecule has 2 aromatic carbocycles. The molecule has 2 N–H and O–H groups in total. The Hall–Kier alpha value is -2.29. The minimum Gasteiger partial charge on any atom is -0.506 e. The fourth-order valence-corrected chi connectivity index (χ4v) is 2.29. The van der Waals surface area contributed by atoms with E-state index in [1.54, 1.807) is 12.1 Å². The SMILES string of the molecule is Cc1ccc(NC(=O)CCc2ccc(C(C)C)cc2)c(O)c1. The van der Waals surface area contributed by atoms with Crippen LogP contribution in [0.4, 0.5) is 5.69 Å². The maximum Gasteiger partial charge on any atom is 0.224 e. The van der Waals surface area contributed by atoms with E-state index in [2.05, 4.69) is 43.4 Å². The number of carbonyl (C=O) groups excluding carboxylic acids is 1. The molecule has 0 spiro atoms. The van der Waals surface area contributed by atoms with Crippen molar-refractivity contribution in [1.82, 2.24) is 0 Å². The number of carbonyl (C=O) groups is 1. The van der Waals surface area contributed by atoms with Gasteiger partial charge in [-0.25, -0.2) is 0 Å². The van der Waals surface area contributed by atoms with E-state index in [0.717, 1.165) is 11.1 Å². The number of phenolic OH excluding ortho intramolecular Hbond substituents is 1. The molecule has 0 bridgehead atoms. The maximum absolute atomic E-state index is 12.0. The van der Waals surface area contributed by atoms with Gasteiger partial charge in [-0.3, -0.25) is 4.79 Å². The van der Waals surface area contributed by atoms with Gasteiger partial charge in [0.1, 0.15) is 5.75 Å². The lowest BCUT2D eigenvalue weighted by atomic mass is 10.0. The monoisotopic (exact) mass is 297 g/mol. The molecule has 0 saturated heterocycles. The fourth-order valence-electron chi connectivity index (χ4n) is 2.29. The largest absolute Gasteiger partial charge is 0.506 e. The molecule has 116 valence electrons. The van der Waals surface area contributed by atoms with Crippen LogP contribution in [0.2, 0.25) is 0 Å². The first kappa shape index (κ1) is 16.1. The summed E-state index contributed by atoms with van der Waals surface area (Å²) in [5.74, 6) is 0.531. The van der Waals surface area contributed by atoms with Crippen molar-refractivity contribution >= 4 is 11.6 Å². The van der Waals surface area contributed by atoms with Crippen molar-refractivity contribution in [1.29, 1.82) is 0 Å². The number of aromatic hydroxyl groups is 1. The number of nitrogens with one attached hydrogen (secondary N) is 1. The van der Waals surface area contributed by atoms with Crippen molar-refractivity contribution in [3.8, 4) is 5.75 Å². The number of phenols is 1. The Bertz CT molecular complexity index is 645. The average molecular weight is 297 g/mol. The van der Waals surface area contributed by atoms with E-state index in [1.807, 2.05) is 13.0 Å². The minimum atomic E-state index is -0.0907. The molecule has 22 heavy (non-hydrogen) atoms. The van der Waals surface area contributed by atoms with Crippen molar-refractivity contribution in [2.75, 3.05) is 5.32 Å². The quantitative estimate of drug-likeness (QED) is 0.804. The molecule has 0 fully saturated rings. The van der Waals surface area contributed by atoms with Gasteiger partial charge in [-0.15, -0.1) is 0 Å². The summed E-state index contributed by atoms with van der Waals surface area (Å²) in [5, 5.41) is 12.5.